The molecule has 0 saturated carbocycles. The molecule has 4 aromatic rings. The quantitative estimate of drug-likeness (QED) is 0.235. The number of benzene rings is 4. The zero-order chi connectivity index (χ0) is 26.6. The van der Waals surface area contributed by atoms with Crippen molar-refractivity contribution in [1.82, 2.24) is 0 Å². The molecule has 4 aromatic carbocycles. The molecule has 37 heavy (non-hydrogen) atoms. The molecule has 0 aliphatic heterocycles. The third-order valence-electron chi connectivity index (χ3n) is 6.21. The zero-order valence-corrected chi connectivity index (χ0v) is 21.7. The minimum Gasteiger partial charge on any atom is -0.744 e. The van der Waals surface area contributed by atoms with Gasteiger partial charge in [-0.05, 0) is 47.4 Å². The van der Waals surface area contributed by atoms with E-state index in [-0.39, 0.29) is 16.3 Å². The van der Waals surface area contributed by atoms with E-state index >= 15 is 0 Å². The van der Waals surface area contributed by atoms with Crippen LogP contribution in [0.5, 0.6) is 0 Å². The SMILES string of the molecule is CCN(Cc1ccccc1S(=O)(=O)O)c1ccccc1C(c1ccccc1)c1ccccc1S(=O)(=O)[O-]. The van der Waals surface area contributed by atoms with Gasteiger partial charge in [0.15, 0.2) is 0 Å². The molecule has 0 fully saturated rings. The molecular weight excluding hydrogens is 510 g/mol. The molecule has 0 bridgehead atoms. The Labute approximate surface area is 217 Å². The Kier molecular flexibility index (Phi) is 7.79. The van der Waals surface area contributed by atoms with Crippen LogP contribution in [0.3, 0.4) is 0 Å². The van der Waals surface area contributed by atoms with Crippen LogP contribution in [0.4, 0.5) is 5.69 Å². The van der Waals surface area contributed by atoms with Crippen LogP contribution in [0, 0.1) is 0 Å². The van der Waals surface area contributed by atoms with Gasteiger partial charge in [0, 0.05) is 24.7 Å². The van der Waals surface area contributed by atoms with Gasteiger partial charge in [0.2, 0.25) is 0 Å². The summed E-state index contributed by atoms with van der Waals surface area (Å²) in [5.41, 5.74) is 3.05. The molecule has 0 radical (unpaired) electrons. The molecule has 192 valence electrons. The highest BCUT2D eigenvalue weighted by molar-refractivity contribution is 7.86. The van der Waals surface area contributed by atoms with Crippen LogP contribution in [0.25, 0.3) is 0 Å². The van der Waals surface area contributed by atoms with Gasteiger partial charge < -0.3 is 9.45 Å². The maximum absolute atomic E-state index is 12.2. The van der Waals surface area contributed by atoms with Gasteiger partial charge >= 0.3 is 0 Å². The van der Waals surface area contributed by atoms with E-state index in [4.69, 9.17) is 0 Å². The Hall–Kier alpha value is -3.50. The topological polar surface area (TPSA) is 115 Å². The molecule has 1 N–H and O–H groups in total. The minimum absolute atomic E-state index is 0.173. The van der Waals surface area contributed by atoms with Crippen molar-refractivity contribution in [2.24, 2.45) is 0 Å². The Balaban J connectivity index is 1.91. The van der Waals surface area contributed by atoms with E-state index in [1.54, 1.807) is 30.3 Å². The van der Waals surface area contributed by atoms with Crippen molar-refractivity contribution in [2.45, 2.75) is 29.2 Å². The summed E-state index contributed by atoms with van der Waals surface area (Å²) in [6.07, 6.45) is 0. The summed E-state index contributed by atoms with van der Waals surface area (Å²) >= 11 is 0. The molecule has 0 aromatic heterocycles. The summed E-state index contributed by atoms with van der Waals surface area (Å²) in [6, 6.07) is 29.1. The highest BCUT2D eigenvalue weighted by Crippen LogP contribution is 2.40. The average Bonchev–Trinajstić information content (AvgIpc) is 2.88. The summed E-state index contributed by atoms with van der Waals surface area (Å²) in [6.45, 7) is 2.58. The lowest BCUT2D eigenvalue weighted by Crippen LogP contribution is -2.25. The van der Waals surface area contributed by atoms with Crippen molar-refractivity contribution < 1.29 is 25.9 Å². The molecular formula is C28H26NO6S2-. The summed E-state index contributed by atoms with van der Waals surface area (Å²) in [5.74, 6) is -0.594. The third kappa shape index (κ3) is 5.91. The number of hydrogen-bond donors (Lipinski definition) is 1. The lowest BCUT2D eigenvalue weighted by atomic mass is 9.84. The zero-order valence-electron chi connectivity index (χ0n) is 20.1. The first-order valence-corrected chi connectivity index (χ1v) is 14.4. The number of nitrogens with zero attached hydrogens (tertiary/aromatic N) is 1. The van der Waals surface area contributed by atoms with Crippen LogP contribution in [0.1, 0.15) is 35.1 Å². The fourth-order valence-electron chi connectivity index (χ4n) is 4.60. The first-order valence-electron chi connectivity index (χ1n) is 11.6. The summed E-state index contributed by atoms with van der Waals surface area (Å²) in [7, 11) is -9.19. The van der Waals surface area contributed by atoms with Crippen molar-refractivity contribution in [3.05, 3.63) is 125 Å². The largest absolute Gasteiger partial charge is 0.744 e. The molecule has 4 rings (SSSR count). The van der Waals surface area contributed by atoms with Crippen molar-refractivity contribution in [1.29, 1.82) is 0 Å². The number of hydrogen-bond acceptors (Lipinski definition) is 6. The molecule has 1 atom stereocenters. The van der Waals surface area contributed by atoms with Crippen LogP contribution < -0.4 is 4.90 Å². The van der Waals surface area contributed by atoms with E-state index in [9.17, 15) is 25.9 Å². The molecule has 0 spiro atoms. The molecule has 0 aliphatic rings. The maximum atomic E-state index is 12.2. The fraction of sp³-hybridized carbons (Fsp3) is 0.143. The van der Waals surface area contributed by atoms with E-state index < -0.39 is 26.2 Å². The molecule has 1 unspecified atom stereocenters. The van der Waals surface area contributed by atoms with Gasteiger partial charge in [-0.2, -0.15) is 8.42 Å². The van der Waals surface area contributed by atoms with E-state index in [0.29, 0.717) is 17.7 Å². The minimum atomic E-state index is -4.76. The lowest BCUT2D eigenvalue weighted by Gasteiger charge is -2.31. The second-order valence-corrected chi connectivity index (χ2v) is 11.2. The normalized spacial score (nSPS) is 12.7. The molecule has 0 saturated heterocycles. The predicted molar refractivity (Wildman–Crippen MR) is 141 cm³/mol. The van der Waals surface area contributed by atoms with Gasteiger partial charge in [0.25, 0.3) is 10.1 Å². The smallest absolute Gasteiger partial charge is 0.294 e. The fourth-order valence-corrected chi connectivity index (χ4v) is 6.03. The van der Waals surface area contributed by atoms with Crippen molar-refractivity contribution >= 4 is 25.9 Å². The van der Waals surface area contributed by atoms with Crippen LogP contribution in [0.2, 0.25) is 0 Å². The average molecular weight is 537 g/mol. The summed E-state index contributed by atoms with van der Waals surface area (Å²) in [5, 5.41) is 0. The third-order valence-corrected chi connectivity index (χ3v) is 8.08. The van der Waals surface area contributed by atoms with Gasteiger partial charge in [-0.3, -0.25) is 4.55 Å². The van der Waals surface area contributed by atoms with Gasteiger partial charge in [-0.15, -0.1) is 0 Å². The molecule has 0 amide bonds. The van der Waals surface area contributed by atoms with Crippen molar-refractivity contribution in [3.63, 3.8) is 0 Å². The first-order chi connectivity index (χ1) is 17.6. The maximum Gasteiger partial charge on any atom is 0.294 e. The Bertz CT molecular complexity index is 1600. The van der Waals surface area contributed by atoms with E-state index in [2.05, 4.69) is 0 Å². The second kappa shape index (κ2) is 10.9. The molecule has 9 heteroatoms. The predicted octanol–water partition coefficient (Wildman–Crippen LogP) is 5.04. The van der Waals surface area contributed by atoms with Crippen LogP contribution in [-0.2, 0) is 26.8 Å². The monoisotopic (exact) mass is 536 g/mol. The molecule has 7 nitrogen and oxygen atoms in total. The van der Waals surface area contributed by atoms with E-state index in [1.807, 2.05) is 66.4 Å². The molecule has 0 heterocycles. The van der Waals surface area contributed by atoms with Crippen LogP contribution in [0.15, 0.2) is 113 Å². The van der Waals surface area contributed by atoms with E-state index in [1.165, 1.54) is 18.2 Å². The standard InChI is InChI=1S/C28H27NO6S2/c1-2-29(20-22-14-6-10-18-26(22)36(30,31)32)25-17-9-7-15-23(25)28(21-12-4-3-5-13-21)24-16-8-11-19-27(24)37(33,34)35/h3-19,28H,2,20H2,1H3,(H,30,31,32)(H,33,34,35)/p-1. The highest BCUT2D eigenvalue weighted by Gasteiger charge is 2.26. The van der Waals surface area contributed by atoms with Crippen LogP contribution in [-0.4, -0.2) is 32.5 Å². The highest BCUT2D eigenvalue weighted by atomic mass is 32.2. The number of rotatable bonds is 9. The van der Waals surface area contributed by atoms with Crippen molar-refractivity contribution in [2.75, 3.05) is 11.4 Å². The number of anilines is 1. The Morgan fingerprint density at radius 1 is 0.730 bits per heavy atom. The second-order valence-electron chi connectivity index (χ2n) is 8.49. The Morgan fingerprint density at radius 3 is 1.89 bits per heavy atom. The van der Waals surface area contributed by atoms with Gasteiger partial charge in [0.1, 0.15) is 10.1 Å². The van der Waals surface area contributed by atoms with Crippen molar-refractivity contribution in [3.8, 4) is 0 Å². The first kappa shape index (κ1) is 26.6. The van der Waals surface area contributed by atoms with Gasteiger partial charge in [-0.25, -0.2) is 8.42 Å². The number of para-hydroxylation sites is 1. The van der Waals surface area contributed by atoms with Gasteiger partial charge in [-0.1, -0.05) is 84.9 Å². The van der Waals surface area contributed by atoms with Gasteiger partial charge in [0.05, 0.1) is 9.79 Å². The lowest BCUT2D eigenvalue weighted by molar-refractivity contribution is 0.461. The summed E-state index contributed by atoms with van der Waals surface area (Å²) in [4.78, 5) is 1.48. The Morgan fingerprint density at radius 2 is 1.27 bits per heavy atom. The molecule has 0 aliphatic carbocycles. The summed E-state index contributed by atoms with van der Waals surface area (Å²) < 4.78 is 70.4. The van der Waals surface area contributed by atoms with E-state index in [0.717, 1.165) is 16.8 Å². The van der Waals surface area contributed by atoms with Crippen LogP contribution >= 0.6 is 0 Å².